The van der Waals surface area contributed by atoms with Crippen molar-refractivity contribution >= 4 is 18.2 Å². The number of esters is 2. The van der Waals surface area contributed by atoms with Crippen LogP contribution >= 0.6 is 0 Å². The molecule has 2 unspecified atom stereocenters. The molecule has 0 aromatic rings. The zero-order valence-corrected chi connectivity index (χ0v) is 21.2. The average molecular weight is 527 g/mol. The maximum absolute atomic E-state index is 12.4. The Morgan fingerprint density at radius 3 is 2.51 bits per heavy atom. The van der Waals surface area contributed by atoms with Gasteiger partial charge in [0, 0.05) is 5.41 Å². The molecule has 208 valence electrons. The number of carbonyl (C=O) groups excluding carboxylic acids is 3. The van der Waals surface area contributed by atoms with Gasteiger partial charge in [-0.3, -0.25) is 0 Å². The second-order valence-corrected chi connectivity index (χ2v) is 11.0. The third-order valence-corrected chi connectivity index (χ3v) is 8.88. The smallest absolute Gasteiger partial charge is 0.338 e. The lowest BCUT2D eigenvalue weighted by atomic mass is 9.46. The lowest BCUT2D eigenvalue weighted by Gasteiger charge is -2.59. The van der Waals surface area contributed by atoms with Crippen LogP contribution in [0.5, 0.6) is 0 Å². The summed E-state index contributed by atoms with van der Waals surface area (Å²) in [4.78, 5) is 35.4. The van der Waals surface area contributed by atoms with Gasteiger partial charge in [-0.1, -0.05) is 32.1 Å². The first-order valence-electron chi connectivity index (χ1n) is 12.5. The van der Waals surface area contributed by atoms with Gasteiger partial charge in [0.15, 0.2) is 18.5 Å². The molecule has 1 aliphatic heterocycles. The number of carbonyl (C=O) groups is 3. The lowest BCUT2D eigenvalue weighted by molar-refractivity contribution is -0.173. The fraction of sp³-hybridized carbons (Fsp3) is 0.731. The fourth-order valence-electron chi connectivity index (χ4n) is 6.47. The monoisotopic (exact) mass is 526 g/mol. The van der Waals surface area contributed by atoms with E-state index in [2.05, 4.69) is 13.5 Å². The van der Waals surface area contributed by atoms with Crippen molar-refractivity contribution < 1.29 is 54.5 Å². The molecule has 2 aliphatic carbocycles. The van der Waals surface area contributed by atoms with Crippen LogP contribution in [0.15, 0.2) is 23.8 Å². The van der Waals surface area contributed by atoms with Crippen LogP contribution in [0.4, 0.5) is 0 Å². The molecule has 0 spiro atoms. The minimum absolute atomic E-state index is 0.0246. The SMILES string of the molecule is C=C1CC[C@@H]2C(C)(CO)[C@H](O)CC[C@@]2(C)[C@@H]1C/C=C1/C(=O)OCC1OC(=O)[C@@H](O)[C@@H](O)[C@H](O)[C@@H](O)C=O. The lowest BCUT2D eigenvalue weighted by Crippen LogP contribution is -2.57. The van der Waals surface area contributed by atoms with Crippen molar-refractivity contribution in [3.05, 3.63) is 23.8 Å². The molecule has 0 bridgehead atoms. The number of aldehydes is 1. The number of allylic oxidation sites excluding steroid dienone is 2. The molecule has 37 heavy (non-hydrogen) atoms. The Bertz CT molecular complexity index is 931. The van der Waals surface area contributed by atoms with E-state index in [9.17, 15) is 45.0 Å². The molecule has 3 fully saturated rings. The summed E-state index contributed by atoms with van der Waals surface area (Å²) >= 11 is 0. The van der Waals surface area contributed by atoms with Gasteiger partial charge in [-0.2, -0.15) is 0 Å². The number of cyclic esters (lactones) is 1. The number of rotatable bonds is 9. The molecule has 0 radical (unpaired) electrons. The summed E-state index contributed by atoms with van der Waals surface area (Å²) in [5.41, 5.74) is 0.0898. The van der Waals surface area contributed by atoms with E-state index in [1.807, 2.05) is 6.92 Å². The highest BCUT2D eigenvalue weighted by atomic mass is 16.6. The van der Waals surface area contributed by atoms with Gasteiger partial charge in [-0.25, -0.2) is 9.59 Å². The summed E-state index contributed by atoms with van der Waals surface area (Å²) in [5.74, 6) is -2.12. The van der Waals surface area contributed by atoms with Crippen LogP contribution in [-0.2, 0) is 23.9 Å². The van der Waals surface area contributed by atoms with Crippen LogP contribution in [-0.4, -0.2) is 98.7 Å². The Morgan fingerprint density at radius 2 is 1.89 bits per heavy atom. The molecule has 0 amide bonds. The zero-order chi connectivity index (χ0) is 27.7. The summed E-state index contributed by atoms with van der Waals surface area (Å²) < 4.78 is 10.2. The number of fused-ring (bicyclic) bond motifs is 1. The summed E-state index contributed by atoms with van der Waals surface area (Å²) in [5, 5.41) is 59.7. The van der Waals surface area contributed by atoms with Crippen LogP contribution in [0.2, 0.25) is 0 Å². The molecule has 0 aromatic heterocycles. The molecule has 3 aliphatic rings. The van der Waals surface area contributed by atoms with Gasteiger partial charge in [0.05, 0.1) is 18.3 Å². The first-order chi connectivity index (χ1) is 17.3. The molecule has 0 aromatic carbocycles. The number of hydrogen-bond acceptors (Lipinski definition) is 11. The van der Waals surface area contributed by atoms with Gasteiger partial charge >= 0.3 is 11.9 Å². The Kier molecular flexibility index (Phi) is 8.98. The van der Waals surface area contributed by atoms with E-state index in [-0.39, 0.29) is 42.3 Å². The van der Waals surface area contributed by atoms with Gasteiger partial charge in [-0.15, -0.1) is 0 Å². The highest BCUT2D eigenvalue weighted by Gasteiger charge is 2.57. The predicted octanol–water partition coefficient (Wildman–Crippen LogP) is -0.844. The number of aliphatic hydroxyl groups is 6. The largest absolute Gasteiger partial charge is 0.458 e. The summed E-state index contributed by atoms with van der Waals surface area (Å²) in [6.45, 7) is 7.82. The molecule has 11 heteroatoms. The summed E-state index contributed by atoms with van der Waals surface area (Å²) in [6, 6.07) is 0. The van der Waals surface area contributed by atoms with Gasteiger partial charge in [0.2, 0.25) is 0 Å². The topological polar surface area (TPSA) is 191 Å². The van der Waals surface area contributed by atoms with Gasteiger partial charge in [-0.05, 0) is 49.4 Å². The molecule has 1 saturated heterocycles. The second-order valence-electron chi connectivity index (χ2n) is 11.0. The molecule has 1 heterocycles. The van der Waals surface area contributed by atoms with Gasteiger partial charge in [0.25, 0.3) is 0 Å². The molecule has 6 N–H and O–H groups in total. The summed E-state index contributed by atoms with van der Waals surface area (Å²) in [6.07, 6.45) is -5.78. The van der Waals surface area contributed by atoms with Crippen molar-refractivity contribution in [2.45, 2.75) is 82.6 Å². The van der Waals surface area contributed by atoms with Crippen molar-refractivity contribution in [3.8, 4) is 0 Å². The van der Waals surface area contributed by atoms with E-state index < -0.39 is 54.0 Å². The Balaban J connectivity index is 1.76. The van der Waals surface area contributed by atoms with Crippen molar-refractivity contribution in [1.82, 2.24) is 0 Å². The summed E-state index contributed by atoms with van der Waals surface area (Å²) in [7, 11) is 0. The first-order valence-corrected chi connectivity index (χ1v) is 12.5. The quantitative estimate of drug-likeness (QED) is 0.0950. The highest BCUT2D eigenvalue weighted by Crippen LogP contribution is 2.61. The van der Waals surface area contributed by atoms with Gasteiger partial charge in [0.1, 0.15) is 24.9 Å². The van der Waals surface area contributed by atoms with E-state index in [4.69, 9.17) is 9.47 Å². The Morgan fingerprint density at radius 1 is 1.22 bits per heavy atom. The van der Waals surface area contributed by atoms with Crippen molar-refractivity contribution in [3.63, 3.8) is 0 Å². The first kappa shape index (κ1) is 29.4. The van der Waals surface area contributed by atoms with Crippen LogP contribution in [0.3, 0.4) is 0 Å². The molecule has 3 rings (SSSR count). The molecular formula is C26H38O11. The maximum atomic E-state index is 12.4. The van der Waals surface area contributed by atoms with Crippen molar-refractivity contribution in [2.75, 3.05) is 13.2 Å². The normalized spacial score (nSPS) is 38.3. The third kappa shape index (κ3) is 5.39. The number of aliphatic hydroxyl groups excluding tert-OH is 6. The number of ether oxygens (including phenoxy) is 2. The third-order valence-electron chi connectivity index (χ3n) is 8.88. The van der Waals surface area contributed by atoms with Crippen LogP contribution in [0.1, 0.15) is 46.0 Å². The van der Waals surface area contributed by atoms with E-state index in [1.165, 1.54) is 0 Å². The van der Waals surface area contributed by atoms with Crippen LogP contribution in [0.25, 0.3) is 0 Å². The van der Waals surface area contributed by atoms with E-state index in [0.717, 1.165) is 12.0 Å². The Hall–Kier alpha value is -2.15. The molecule has 2 saturated carbocycles. The fourth-order valence-corrected chi connectivity index (χ4v) is 6.47. The van der Waals surface area contributed by atoms with Crippen molar-refractivity contribution in [2.24, 2.45) is 22.7 Å². The zero-order valence-electron chi connectivity index (χ0n) is 21.2. The van der Waals surface area contributed by atoms with Crippen LogP contribution < -0.4 is 0 Å². The Labute approximate surface area is 215 Å². The van der Waals surface area contributed by atoms with E-state index in [0.29, 0.717) is 25.7 Å². The molecule has 11 nitrogen and oxygen atoms in total. The molecular weight excluding hydrogens is 488 g/mol. The molecule has 10 atom stereocenters. The number of hydrogen-bond donors (Lipinski definition) is 6. The van der Waals surface area contributed by atoms with Crippen molar-refractivity contribution in [1.29, 1.82) is 0 Å². The minimum Gasteiger partial charge on any atom is -0.458 e. The predicted molar refractivity (Wildman–Crippen MR) is 128 cm³/mol. The maximum Gasteiger partial charge on any atom is 0.338 e. The minimum atomic E-state index is -2.29. The highest BCUT2D eigenvalue weighted by molar-refractivity contribution is 5.92. The van der Waals surface area contributed by atoms with E-state index >= 15 is 0 Å². The van der Waals surface area contributed by atoms with Crippen LogP contribution in [0, 0.1) is 22.7 Å². The second kappa shape index (κ2) is 11.3. The van der Waals surface area contributed by atoms with Gasteiger partial charge < -0.3 is 44.9 Å². The van der Waals surface area contributed by atoms with E-state index in [1.54, 1.807) is 6.08 Å². The standard InChI is InChI=1S/C26H38O11/c1-13-4-7-18-25(2,9-8-19(30)26(18,3)12-28)15(13)6-5-14-17(11-36-23(14)34)37-24(35)22(33)21(32)20(31)16(29)10-27/h5,10,15-22,28-33H,1,4,6-9,11-12H2,2-3H3/b14-5+/t15-,16+,17?,18+,19-,20-,21+,22+,25+,26?/m1/s1. The average Bonchev–Trinajstić information content (AvgIpc) is 3.22.